The van der Waals surface area contributed by atoms with Gasteiger partial charge in [0.15, 0.2) is 0 Å². The molecule has 1 amide bonds. The number of anilines is 1. The molecule has 130 valence electrons. The highest BCUT2D eigenvalue weighted by molar-refractivity contribution is 5.93. The molecule has 2 aliphatic heterocycles. The van der Waals surface area contributed by atoms with Crippen molar-refractivity contribution in [1.82, 2.24) is 15.0 Å². The number of hydrogen-bond donors (Lipinski definition) is 0. The maximum atomic E-state index is 12.4. The van der Waals surface area contributed by atoms with Crippen molar-refractivity contribution in [3.8, 4) is 0 Å². The minimum absolute atomic E-state index is 0.0632. The lowest BCUT2D eigenvalue weighted by Gasteiger charge is -2.22. The van der Waals surface area contributed by atoms with Gasteiger partial charge in [0, 0.05) is 6.20 Å². The summed E-state index contributed by atoms with van der Waals surface area (Å²) in [6.07, 6.45) is 10.5. The Balaban J connectivity index is 1.40. The Kier molecular flexibility index (Phi) is 3.50. The van der Waals surface area contributed by atoms with E-state index >= 15 is 0 Å². The smallest absolute Gasteiger partial charge is 0.415 e. The Bertz CT molecular complexity index is 783. The predicted octanol–water partition coefficient (Wildman–Crippen LogP) is 3.28. The second-order valence-electron chi connectivity index (χ2n) is 7.41. The lowest BCUT2D eigenvalue weighted by Crippen LogP contribution is -2.35. The molecule has 0 radical (unpaired) electrons. The predicted molar refractivity (Wildman–Crippen MR) is 92.5 cm³/mol. The third-order valence-electron chi connectivity index (χ3n) is 5.92. The van der Waals surface area contributed by atoms with E-state index in [0.717, 1.165) is 12.1 Å². The van der Waals surface area contributed by atoms with Crippen LogP contribution in [0, 0.1) is 0 Å². The quantitative estimate of drug-likeness (QED) is 0.862. The molecule has 6 heteroatoms. The first-order chi connectivity index (χ1) is 12.3. The van der Waals surface area contributed by atoms with Gasteiger partial charge in [-0.1, -0.05) is 36.6 Å². The number of carbonyl (C=O) groups is 1. The standard InChI is InChI=1S/C19H22N4O2/c24-19-23-16-7-6-14(13-4-2-1-3-5-13)10-15(16)11-17(23)18(25-19)12-22-9-8-20-21-22/h6-10,13,17-18H,1-5,11-12H2/t17-,18-/m0/s1. The number of amides is 1. The van der Waals surface area contributed by atoms with Crippen LogP contribution in [0.15, 0.2) is 30.6 Å². The van der Waals surface area contributed by atoms with Gasteiger partial charge in [0.25, 0.3) is 0 Å². The van der Waals surface area contributed by atoms with Gasteiger partial charge < -0.3 is 4.74 Å². The molecule has 6 nitrogen and oxygen atoms in total. The van der Waals surface area contributed by atoms with Crippen molar-refractivity contribution in [2.75, 3.05) is 4.90 Å². The molecular weight excluding hydrogens is 316 g/mol. The van der Waals surface area contributed by atoms with Gasteiger partial charge in [0.1, 0.15) is 6.10 Å². The largest absolute Gasteiger partial charge is 0.442 e. The summed E-state index contributed by atoms with van der Waals surface area (Å²) in [5.41, 5.74) is 3.75. The first-order valence-corrected chi connectivity index (χ1v) is 9.26. The number of rotatable bonds is 3. The molecule has 1 saturated heterocycles. The molecule has 2 atom stereocenters. The molecular formula is C19H22N4O2. The van der Waals surface area contributed by atoms with Gasteiger partial charge in [-0.2, -0.15) is 0 Å². The highest BCUT2D eigenvalue weighted by Crippen LogP contribution is 2.42. The van der Waals surface area contributed by atoms with Crippen LogP contribution in [0.4, 0.5) is 10.5 Å². The highest BCUT2D eigenvalue weighted by Gasteiger charge is 2.47. The molecule has 1 aromatic carbocycles. The molecule has 0 unspecified atom stereocenters. The average Bonchev–Trinajstić information content (AvgIpc) is 3.34. The van der Waals surface area contributed by atoms with E-state index in [9.17, 15) is 4.79 Å². The van der Waals surface area contributed by atoms with E-state index in [1.54, 1.807) is 17.1 Å². The molecule has 3 aliphatic rings. The molecule has 1 aromatic heterocycles. The van der Waals surface area contributed by atoms with Gasteiger partial charge >= 0.3 is 6.09 Å². The zero-order valence-corrected chi connectivity index (χ0v) is 14.2. The Morgan fingerprint density at radius 1 is 1.20 bits per heavy atom. The Labute approximate surface area is 146 Å². The normalized spacial score (nSPS) is 25.8. The van der Waals surface area contributed by atoms with E-state index in [4.69, 9.17) is 4.74 Å². The minimum atomic E-state index is -0.237. The van der Waals surface area contributed by atoms with Gasteiger partial charge in [-0.3, -0.25) is 4.90 Å². The van der Waals surface area contributed by atoms with Crippen molar-refractivity contribution in [1.29, 1.82) is 0 Å². The number of carbonyl (C=O) groups excluding carboxylic acids is 1. The molecule has 0 bridgehead atoms. The first kappa shape index (κ1) is 14.9. The lowest BCUT2D eigenvalue weighted by molar-refractivity contribution is 0.117. The van der Waals surface area contributed by atoms with Crippen LogP contribution in [0.3, 0.4) is 0 Å². The number of benzene rings is 1. The molecule has 5 rings (SSSR count). The number of aromatic nitrogens is 3. The Morgan fingerprint density at radius 3 is 2.88 bits per heavy atom. The van der Waals surface area contributed by atoms with Crippen LogP contribution in [-0.4, -0.2) is 33.2 Å². The van der Waals surface area contributed by atoms with Crippen LogP contribution in [0.25, 0.3) is 0 Å². The average molecular weight is 338 g/mol. The summed E-state index contributed by atoms with van der Waals surface area (Å²) in [6.45, 7) is 0.552. The molecule has 2 fully saturated rings. The summed E-state index contributed by atoms with van der Waals surface area (Å²) in [5.74, 6) is 0.687. The van der Waals surface area contributed by atoms with Crippen molar-refractivity contribution < 1.29 is 9.53 Å². The number of nitrogens with zero attached hydrogens (tertiary/aromatic N) is 4. The Morgan fingerprint density at radius 2 is 2.08 bits per heavy atom. The molecule has 0 N–H and O–H groups in total. The molecule has 25 heavy (non-hydrogen) atoms. The van der Waals surface area contributed by atoms with Crippen molar-refractivity contribution >= 4 is 11.8 Å². The second kappa shape index (κ2) is 5.86. The molecule has 2 aromatic rings. The maximum absolute atomic E-state index is 12.4. The zero-order valence-electron chi connectivity index (χ0n) is 14.2. The fraction of sp³-hybridized carbons (Fsp3) is 0.526. The third kappa shape index (κ3) is 2.51. The number of cyclic esters (lactones) is 1. The van der Waals surface area contributed by atoms with Crippen molar-refractivity contribution in [2.45, 2.75) is 63.1 Å². The molecule has 1 saturated carbocycles. The fourth-order valence-electron chi connectivity index (χ4n) is 4.66. The number of fused-ring (bicyclic) bond motifs is 3. The van der Waals surface area contributed by atoms with E-state index in [2.05, 4.69) is 28.5 Å². The highest BCUT2D eigenvalue weighted by atomic mass is 16.6. The third-order valence-corrected chi connectivity index (χ3v) is 5.92. The zero-order chi connectivity index (χ0) is 16.8. The topological polar surface area (TPSA) is 60.3 Å². The molecule has 3 heterocycles. The SMILES string of the molecule is O=C1O[C@@H](Cn2ccnn2)[C@@H]2Cc3cc(C4CCCCC4)ccc3N12. The van der Waals surface area contributed by atoms with Gasteiger partial charge in [-0.25, -0.2) is 9.48 Å². The summed E-state index contributed by atoms with van der Waals surface area (Å²) < 4.78 is 7.34. The lowest BCUT2D eigenvalue weighted by atomic mass is 9.83. The van der Waals surface area contributed by atoms with Crippen LogP contribution >= 0.6 is 0 Å². The number of ether oxygens (including phenoxy) is 1. The summed E-state index contributed by atoms with van der Waals surface area (Å²) in [5, 5.41) is 7.83. The van der Waals surface area contributed by atoms with Crippen LogP contribution in [-0.2, 0) is 17.7 Å². The van der Waals surface area contributed by atoms with E-state index < -0.39 is 0 Å². The van der Waals surface area contributed by atoms with E-state index in [0.29, 0.717) is 12.5 Å². The first-order valence-electron chi connectivity index (χ1n) is 9.26. The van der Waals surface area contributed by atoms with Crippen LogP contribution in [0.2, 0.25) is 0 Å². The maximum Gasteiger partial charge on any atom is 0.415 e. The van der Waals surface area contributed by atoms with Crippen LogP contribution in [0.5, 0.6) is 0 Å². The van der Waals surface area contributed by atoms with Crippen molar-refractivity contribution in [3.05, 3.63) is 41.7 Å². The summed E-state index contributed by atoms with van der Waals surface area (Å²) >= 11 is 0. The summed E-state index contributed by atoms with van der Waals surface area (Å²) in [6, 6.07) is 6.74. The molecule has 0 spiro atoms. The monoisotopic (exact) mass is 338 g/mol. The summed E-state index contributed by atoms with van der Waals surface area (Å²) in [7, 11) is 0. The van der Waals surface area contributed by atoms with Gasteiger partial charge in [-0.05, 0) is 42.4 Å². The number of hydrogen-bond acceptors (Lipinski definition) is 4. The fourth-order valence-corrected chi connectivity index (χ4v) is 4.66. The van der Waals surface area contributed by atoms with Crippen molar-refractivity contribution in [3.63, 3.8) is 0 Å². The van der Waals surface area contributed by atoms with Gasteiger partial charge in [0.2, 0.25) is 0 Å². The van der Waals surface area contributed by atoms with E-state index in [-0.39, 0.29) is 18.2 Å². The van der Waals surface area contributed by atoms with Crippen LogP contribution in [0.1, 0.15) is 49.1 Å². The Hall–Kier alpha value is -2.37. The van der Waals surface area contributed by atoms with Crippen LogP contribution < -0.4 is 4.90 Å². The van der Waals surface area contributed by atoms with Crippen molar-refractivity contribution in [2.24, 2.45) is 0 Å². The summed E-state index contributed by atoms with van der Waals surface area (Å²) in [4.78, 5) is 14.2. The van der Waals surface area contributed by atoms with Gasteiger partial charge in [-0.15, -0.1) is 5.10 Å². The van der Waals surface area contributed by atoms with E-state index in [1.807, 2.05) is 4.90 Å². The van der Waals surface area contributed by atoms with Gasteiger partial charge in [0.05, 0.1) is 24.5 Å². The minimum Gasteiger partial charge on any atom is -0.442 e. The van der Waals surface area contributed by atoms with E-state index in [1.165, 1.54) is 43.2 Å². The second-order valence-corrected chi connectivity index (χ2v) is 7.41. The molecule has 1 aliphatic carbocycles.